The molecule has 138 valence electrons. The van der Waals surface area contributed by atoms with E-state index in [-0.39, 0.29) is 32.0 Å². The van der Waals surface area contributed by atoms with Gasteiger partial charge in [0.05, 0.1) is 18.7 Å². The van der Waals surface area contributed by atoms with Crippen LogP contribution in [-0.4, -0.2) is 37.3 Å². The summed E-state index contributed by atoms with van der Waals surface area (Å²) in [6.45, 7) is 9.37. The molecule has 0 radical (unpaired) electrons. The van der Waals surface area contributed by atoms with Crippen LogP contribution >= 0.6 is 0 Å². The highest BCUT2D eigenvalue weighted by atomic mass is 16.6. The number of nitrogens with two attached hydrogens (primary N) is 1. The van der Waals surface area contributed by atoms with Crippen molar-refractivity contribution < 1.29 is 19.1 Å². The first-order valence-electron chi connectivity index (χ1n) is 8.54. The van der Waals surface area contributed by atoms with E-state index in [9.17, 15) is 9.59 Å². The lowest BCUT2D eigenvalue weighted by atomic mass is 9.92. The highest BCUT2D eigenvalue weighted by Crippen LogP contribution is 2.25. The second-order valence-electron chi connectivity index (χ2n) is 7.30. The zero-order valence-corrected chi connectivity index (χ0v) is 15.8. The highest BCUT2D eigenvalue weighted by molar-refractivity contribution is 6.64. The molecule has 7 heteroatoms. The maximum absolute atomic E-state index is 12.1. The van der Waals surface area contributed by atoms with E-state index in [0.717, 1.165) is 17.5 Å². The zero-order valence-electron chi connectivity index (χ0n) is 15.8. The number of nitrogens with one attached hydrogen (secondary N) is 1. The van der Waals surface area contributed by atoms with Crippen molar-refractivity contribution in [1.29, 1.82) is 0 Å². The smallest absolute Gasteiger partial charge is 0.307 e. The van der Waals surface area contributed by atoms with E-state index in [1.165, 1.54) is 0 Å². The fourth-order valence-electron chi connectivity index (χ4n) is 2.41. The molecule has 0 aliphatic carbocycles. The minimum atomic E-state index is -0.546. The molecule has 1 atom stereocenters. The fraction of sp³-hybridized carbons (Fsp3) is 0.556. The third-order valence-electron chi connectivity index (χ3n) is 3.24. The maximum atomic E-state index is 12.1. The summed E-state index contributed by atoms with van der Waals surface area (Å²) in [6, 6.07) is 5.19. The van der Waals surface area contributed by atoms with Crippen LogP contribution < -0.4 is 15.7 Å². The van der Waals surface area contributed by atoms with Crippen LogP contribution in [0.1, 0.15) is 46.6 Å². The molecular formula is C18H29BN2O4. The number of carbonyl (C=O) groups is 2. The minimum Gasteiger partial charge on any atom is -0.491 e. The molecule has 25 heavy (non-hydrogen) atoms. The molecule has 0 saturated carbocycles. The van der Waals surface area contributed by atoms with Crippen LogP contribution in [0.25, 0.3) is 0 Å². The lowest BCUT2D eigenvalue weighted by molar-refractivity contribution is -0.155. The Balaban J connectivity index is 2.92. The first-order valence-corrected chi connectivity index (χ1v) is 8.54. The summed E-state index contributed by atoms with van der Waals surface area (Å²) in [7, 11) is 0.163. The van der Waals surface area contributed by atoms with Crippen molar-refractivity contribution in [3.05, 3.63) is 23.8 Å². The van der Waals surface area contributed by atoms with Crippen molar-refractivity contribution in [3.8, 4) is 5.75 Å². The standard InChI is InChI=1S/C18H29BN2O4/c1-12(2)24-16-7-6-14(20)8-13(16)9-15(21-19-11-22)10-17(23)25-18(3,4)5/h6-8,11-12,15,19,21H,9-10,20H2,1-5H3/t15-/m0/s1. The molecule has 0 unspecified atom stereocenters. The van der Waals surface area contributed by atoms with Gasteiger partial charge in [0.15, 0.2) is 0 Å². The second kappa shape index (κ2) is 9.46. The van der Waals surface area contributed by atoms with Gasteiger partial charge in [0.1, 0.15) is 11.4 Å². The number of carbonyl (C=O) groups excluding carboxylic acids is 2. The first kappa shape index (κ1) is 21.0. The van der Waals surface area contributed by atoms with E-state index < -0.39 is 5.60 Å². The average molecular weight is 348 g/mol. The second-order valence-corrected chi connectivity index (χ2v) is 7.30. The Labute approximate surface area is 150 Å². The van der Waals surface area contributed by atoms with E-state index in [0.29, 0.717) is 12.1 Å². The maximum Gasteiger partial charge on any atom is 0.307 e. The van der Waals surface area contributed by atoms with Crippen molar-refractivity contribution >= 4 is 25.3 Å². The molecule has 0 heterocycles. The largest absolute Gasteiger partial charge is 0.491 e. The molecule has 6 nitrogen and oxygen atoms in total. The molecule has 1 rings (SSSR count). The van der Waals surface area contributed by atoms with E-state index in [2.05, 4.69) is 5.23 Å². The fourth-order valence-corrected chi connectivity index (χ4v) is 2.41. The quantitative estimate of drug-likeness (QED) is 0.306. The molecule has 0 amide bonds. The molecule has 0 fully saturated rings. The van der Waals surface area contributed by atoms with Gasteiger partial charge >= 0.3 is 5.97 Å². The molecule has 1 aromatic carbocycles. The van der Waals surface area contributed by atoms with Crippen LogP contribution in [0.3, 0.4) is 0 Å². The third kappa shape index (κ3) is 8.58. The van der Waals surface area contributed by atoms with Gasteiger partial charge < -0.3 is 25.2 Å². The third-order valence-corrected chi connectivity index (χ3v) is 3.24. The summed E-state index contributed by atoms with van der Waals surface area (Å²) < 4.78 is 11.2. The molecule has 0 aliphatic rings. The Kier molecular flexibility index (Phi) is 7.96. The van der Waals surface area contributed by atoms with E-state index in [4.69, 9.17) is 15.2 Å². The van der Waals surface area contributed by atoms with E-state index in [1.807, 2.05) is 46.8 Å². The Bertz CT molecular complexity index is 585. The van der Waals surface area contributed by atoms with Gasteiger partial charge in [0.2, 0.25) is 0 Å². The lowest BCUT2D eigenvalue weighted by Crippen LogP contribution is -2.38. The van der Waals surface area contributed by atoms with E-state index in [1.54, 1.807) is 6.07 Å². The summed E-state index contributed by atoms with van der Waals surface area (Å²) in [5.41, 5.74) is 6.86. The molecule has 3 N–H and O–H groups in total. The number of ether oxygens (including phenoxy) is 2. The van der Waals surface area contributed by atoms with Gasteiger partial charge in [-0.15, -0.1) is 0 Å². The van der Waals surface area contributed by atoms with Gasteiger partial charge in [-0.1, -0.05) is 0 Å². The van der Waals surface area contributed by atoms with Crippen LogP contribution in [0.15, 0.2) is 18.2 Å². The molecule has 0 aliphatic heterocycles. The Morgan fingerprint density at radius 3 is 2.60 bits per heavy atom. The summed E-state index contributed by atoms with van der Waals surface area (Å²) in [5.74, 6) is 0.414. The Morgan fingerprint density at radius 2 is 2.04 bits per heavy atom. The summed E-state index contributed by atoms with van der Waals surface area (Å²) in [5, 5.41) is 3.07. The van der Waals surface area contributed by atoms with Crippen LogP contribution in [0.4, 0.5) is 5.69 Å². The number of esters is 1. The van der Waals surface area contributed by atoms with Crippen molar-refractivity contribution in [2.75, 3.05) is 5.73 Å². The number of rotatable bonds is 9. The molecule has 0 bridgehead atoms. The van der Waals surface area contributed by atoms with Gasteiger partial charge in [0, 0.05) is 11.7 Å². The number of benzene rings is 1. The molecule has 0 aromatic heterocycles. The van der Waals surface area contributed by atoms with Crippen molar-refractivity contribution in [3.63, 3.8) is 0 Å². The number of hydrogen-bond acceptors (Lipinski definition) is 6. The Morgan fingerprint density at radius 1 is 1.36 bits per heavy atom. The van der Waals surface area contributed by atoms with Crippen molar-refractivity contribution in [2.24, 2.45) is 0 Å². The summed E-state index contributed by atoms with van der Waals surface area (Å²) in [4.78, 5) is 22.9. The molecule has 0 saturated heterocycles. The zero-order chi connectivity index (χ0) is 19.0. The number of nitrogen functional groups attached to an aromatic ring is 1. The van der Waals surface area contributed by atoms with Crippen LogP contribution in [-0.2, 0) is 20.7 Å². The van der Waals surface area contributed by atoms with Crippen LogP contribution in [0.5, 0.6) is 5.75 Å². The van der Waals surface area contributed by atoms with Gasteiger partial charge in [-0.05, 0) is 64.8 Å². The first-order chi connectivity index (χ1) is 11.6. The lowest BCUT2D eigenvalue weighted by Gasteiger charge is -2.23. The monoisotopic (exact) mass is 348 g/mol. The molecule has 0 spiro atoms. The van der Waals surface area contributed by atoms with Crippen molar-refractivity contribution in [2.45, 2.75) is 65.2 Å². The summed E-state index contributed by atoms with van der Waals surface area (Å²) >= 11 is 0. The summed E-state index contributed by atoms with van der Waals surface area (Å²) in [6.07, 6.45) is 1.45. The van der Waals surface area contributed by atoms with Gasteiger partial charge in [-0.2, -0.15) is 0 Å². The average Bonchev–Trinajstić information content (AvgIpc) is 2.45. The molecule has 1 aromatic rings. The van der Waals surface area contributed by atoms with E-state index >= 15 is 0 Å². The number of anilines is 1. The Hall–Kier alpha value is -2.02. The van der Waals surface area contributed by atoms with Gasteiger partial charge in [-0.3, -0.25) is 4.79 Å². The molecular weight excluding hydrogens is 319 g/mol. The van der Waals surface area contributed by atoms with Crippen LogP contribution in [0, 0.1) is 0 Å². The van der Waals surface area contributed by atoms with Crippen LogP contribution in [0.2, 0.25) is 0 Å². The van der Waals surface area contributed by atoms with Gasteiger partial charge in [0.25, 0.3) is 7.41 Å². The normalized spacial score (nSPS) is 12.6. The minimum absolute atomic E-state index is 0.0228. The SMILES string of the molecule is CC(C)Oc1ccc(N)cc1C[C@@H](CC(=O)OC(C)(C)C)NBC=O. The predicted molar refractivity (Wildman–Crippen MR) is 102 cm³/mol. The number of hydrogen-bond donors (Lipinski definition) is 2. The van der Waals surface area contributed by atoms with Gasteiger partial charge in [-0.25, -0.2) is 0 Å². The van der Waals surface area contributed by atoms with Crippen molar-refractivity contribution in [1.82, 2.24) is 5.23 Å². The predicted octanol–water partition coefficient (Wildman–Crippen LogP) is 1.83. The highest BCUT2D eigenvalue weighted by Gasteiger charge is 2.22. The topological polar surface area (TPSA) is 90.7 Å².